The SMILES string of the molecule is O=C1CCC(=O)N1C1CC2CCC(C1)N2S(=O)(=O)c1ccc(Cl)c(C(F)(F)F)c1. The fourth-order valence-electron chi connectivity index (χ4n) is 4.71. The number of hydrogen-bond acceptors (Lipinski definition) is 4. The lowest BCUT2D eigenvalue weighted by molar-refractivity contribution is -0.142. The van der Waals surface area contributed by atoms with Gasteiger partial charge in [0.05, 0.1) is 15.5 Å². The van der Waals surface area contributed by atoms with E-state index in [1.807, 2.05) is 0 Å². The standard InChI is InChI=1S/C18H18ClF3N2O4S/c19-15-4-3-13(9-14(15)18(20,21)22)29(27,28)24-10-1-2-11(24)8-12(7-10)23-16(25)5-6-17(23)26/h3-4,9-12H,1-2,5-8H2. The number of piperidine rings is 1. The molecule has 0 N–H and O–H groups in total. The smallest absolute Gasteiger partial charge is 0.279 e. The molecule has 2 amide bonds. The molecule has 2 atom stereocenters. The van der Waals surface area contributed by atoms with Crippen LogP contribution in [0.3, 0.4) is 0 Å². The van der Waals surface area contributed by atoms with Crippen molar-refractivity contribution < 1.29 is 31.2 Å². The van der Waals surface area contributed by atoms with Gasteiger partial charge in [-0.1, -0.05) is 11.6 Å². The van der Waals surface area contributed by atoms with Crippen LogP contribution in [0.15, 0.2) is 23.1 Å². The summed E-state index contributed by atoms with van der Waals surface area (Å²) in [6.07, 6.45) is -2.77. The maximum atomic E-state index is 13.2. The summed E-state index contributed by atoms with van der Waals surface area (Å²) in [5.41, 5.74) is -1.20. The number of carbonyl (C=O) groups excluding carboxylic acids is 2. The quantitative estimate of drug-likeness (QED) is 0.663. The highest BCUT2D eigenvalue weighted by atomic mass is 35.5. The highest BCUT2D eigenvalue weighted by Crippen LogP contribution is 2.43. The summed E-state index contributed by atoms with van der Waals surface area (Å²) < 4.78 is 67.1. The van der Waals surface area contributed by atoms with E-state index in [1.54, 1.807) is 0 Å². The Kier molecular flexibility index (Phi) is 4.94. The average molecular weight is 451 g/mol. The Morgan fingerprint density at radius 3 is 2.03 bits per heavy atom. The molecule has 0 aliphatic carbocycles. The molecular weight excluding hydrogens is 433 g/mol. The number of carbonyl (C=O) groups is 2. The molecule has 1 aromatic carbocycles. The van der Waals surface area contributed by atoms with Crippen molar-refractivity contribution in [2.75, 3.05) is 0 Å². The third kappa shape index (κ3) is 3.44. The minimum Gasteiger partial charge on any atom is -0.279 e. The van der Waals surface area contributed by atoms with Crippen LogP contribution in [0.4, 0.5) is 13.2 Å². The van der Waals surface area contributed by atoms with Crippen LogP contribution in [-0.2, 0) is 25.8 Å². The molecule has 158 valence electrons. The number of nitrogens with zero attached hydrogens (tertiary/aromatic N) is 2. The van der Waals surface area contributed by atoms with Crippen molar-refractivity contribution >= 4 is 33.4 Å². The van der Waals surface area contributed by atoms with Gasteiger partial charge >= 0.3 is 6.18 Å². The fourth-order valence-corrected chi connectivity index (χ4v) is 6.86. The molecule has 4 rings (SSSR count). The Balaban J connectivity index is 1.63. The first-order valence-corrected chi connectivity index (χ1v) is 11.1. The van der Waals surface area contributed by atoms with E-state index in [1.165, 1.54) is 9.21 Å². The number of rotatable bonds is 3. The molecule has 3 aliphatic heterocycles. The number of imide groups is 1. The summed E-state index contributed by atoms with van der Waals surface area (Å²) >= 11 is 5.61. The summed E-state index contributed by atoms with van der Waals surface area (Å²) in [4.78, 5) is 24.9. The van der Waals surface area contributed by atoms with Crippen molar-refractivity contribution in [3.8, 4) is 0 Å². The van der Waals surface area contributed by atoms with E-state index in [4.69, 9.17) is 11.6 Å². The number of halogens is 4. The Bertz CT molecular complexity index is 952. The van der Waals surface area contributed by atoms with Gasteiger partial charge in [-0.2, -0.15) is 17.5 Å². The first-order chi connectivity index (χ1) is 13.5. The van der Waals surface area contributed by atoms with Gasteiger partial charge in [0.2, 0.25) is 21.8 Å². The number of alkyl halides is 3. The summed E-state index contributed by atoms with van der Waals surface area (Å²) in [5, 5.41) is -0.566. The maximum absolute atomic E-state index is 13.2. The van der Waals surface area contributed by atoms with E-state index in [9.17, 15) is 31.2 Å². The molecule has 2 bridgehead atoms. The molecule has 3 heterocycles. The maximum Gasteiger partial charge on any atom is 0.417 e. The van der Waals surface area contributed by atoms with E-state index in [0.29, 0.717) is 31.7 Å². The van der Waals surface area contributed by atoms with E-state index in [-0.39, 0.29) is 30.7 Å². The van der Waals surface area contributed by atoms with E-state index in [0.717, 1.165) is 12.1 Å². The first-order valence-electron chi connectivity index (χ1n) is 9.25. The van der Waals surface area contributed by atoms with Crippen LogP contribution in [0.25, 0.3) is 0 Å². The molecule has 0 spiro atoms. The number of benzene rings is 1. The zero-order chi connectivity index (χ0) is 21.1. The molecule has 29 heavy (non-hydrogen) atoms. The molecule has 0 aromatic heterocycles. The highest BCUT2D eigenvalue weighted by molar-refractivity contribution is 7.89. The summed E-state index contributed by atoms with van der Waals surface area (Å²) in [5.74, 6) is -0.494. The number of sulfonamides is 1. The van der Waals surface area contributed by atoms with Crippen molar-refractivity contribution in [1.29, 1.82) is 0 Å². The second-order valence-electron chi connectivity index (χ2n) is 7.64. The van der Waals surface area contributed by atoms with Crippen molar-refractivity contribution in [3.05, 3.63) is 28.8 Å². The van der Waals surface area contributed by atoms with Gasteiger partial charge in [0, 0.05) is 31.0 Å². The third-order valence-corrected chi connectivity index (χ3v) is 8.25. The lowest BCUT2D eigenvalue weighted by Gasteiger charge is -2.40. The molecule has 3 aliphatic rings. The average Bonchev–Trinajstić information content (AvgIpc) is 3.10. The van der Waals surface area contributed by atoms with Gasteiger partial charge in [-0.15, -0.1) is 0 Å². The largest absolute Gasteiger partial charge is 0.417 e. The van der Waals surface area contributed by atoms with Crippen molar-refractivity contribution in [1.82, 2.24) is 9.21 Å². The van der Waals surface area contributed by atoms with Crippen molar-refractivity contribution in [2.24, 2.45) is 0 Å². The van der Waals surface area contributed by atoms with Crippen LogP contribution in [0.1, 0.15) is 44.1 Å². The predicted molar refractivity (Wildman–Crippen MR) is 96.4 cm³/mol. The molecule has 3 saturated heterocycles. The van der Waals surface area contributed by atoms with E-state index < -0.39 is 43.8 Å². The summed E-state index contributed by atoms with van der Waals surface area (Å²) in [6.45, 7) is 0. The van der Waals surface area contributed by atoms with Gasteiger partial charge in [0.15, 0.2) is 0 Å². The topological polar surface area (TPSA) is 74.8 Å². The Morgan fingerprint density at radius 2 is 1.52 bits per heavy atom. The molecule has 0 saturated carbocycles. The van der Waals surface area contributed by atoms with Crippen LogP contribution in [-0.4, -0.2) is 47.6 Å². The Morgan fingerprint density at radius 1 is 0.966 bits per heavy atom. The second-order valence-corrected chi connectivity index (χ2v) is 9.89. The fraction of sp³-hybridized carbons (Fsp3) is 0.556. The number of fused-ring (bicyclic) bond motifs is 2. The lowest BCUT2D eigenvalue weighted by Crippen LogP contribution is -2.53. The Hall–Kier alpha value is -1.65. The van der Waals surface area contributed by atoms with Gasteiger partial charge in [0.1, 0.15) is 0 Å². The zero-order valence-electron chi connectivity index (χ0n) is 15.2. The number of amides is 2. The van der Waals surface area contributed by atoms with Crippen LogP contribution >= 0.6 is 11.6 Å². The van der Waals surface area contributed by atoms with Gasteiger partial charge in [-0.05, 0) is 43.9 Å². The molecule has 3 fully saturated rings. The monoisotopic (exact) mass is 450 g/mol. The molecule has 1 aromatic rings. The normalized spacial score (nSPS) is 28.4. The van der Waals surface area contributed by atoms with Crippen LogP contribution < -0.4 is 0 Å². The minimum atomic E-state index is -4.77. The highest BCUT2D eigenvalue weighted by Gasteiger charge is 2.50. The number of likely N-dealkylation sites (tertiary alicyclic amines) is 1. The van der Waals surface area contributed by atoms with Crippen molar-refractivity contribution in [2.45, 2.75) is 67.7 Å². The molecule has 11 heteroatoms. The van der Waals surface area contributed by atoms with Gasteiger partial charge < -0.3 is 0 Å². The van der Waals surface area contributed by atoms with E-state index >= 15 is 0 Å². The molecular formula is C18H18ClF3N2O4S. The van der Waals surface area contributed by atoms with Gasteiger partial charge in [-0.3, -0.25) is 14.5 Å². The van der Waals surface area contributed by atoms with Crippen LogP contribution in [0, 0.1) is 0 Å². The van der Waals surface area contributed by atoms with Crippen molar-refractivity contribution in [3.63, 3.8) is 0 Å². The van der Waals surface area contributed by atoms with Crippen LogP contribution in [0.5, 0.6) is 0 Å². The van der Waals surface area contributed by atoms with Crippen LogP contribution in [0.2, 0.25) is 5.02 Å². The molecule has 6 nitrogen and oxygen atoms in total. The predicted octanol–water partition coefficient (Wildman–Crippen LogP) is 3.19. The lowest BCUT2D eigenvalue weighted by atomic mass is 9.98. The minimum absolute atomic E-state index is 0.164. The van der Waals surface area contributed by atoms with Gasteiger partial charge in [0.25, 0.3) is 0 Å². The molecule has 0 radical (unpaired) electrons. The molecule has 2 unspecified atom stereocenters. The third-order valence-electron chi connectivity index (χ3n) is 5.92. The number of hydrogen-bond donors (Lipinski definition) is 0. The summed E-state index contributed by atoms with van der Waals surface area (Å²) in [6, 6.07) is 1.29. The summed E-state index contributed by atoms with van der Waals surface area (Å²) in [7, 11) is -4.19. The first kappa shape index (κ1) is 20.6. The Labute approximate surface area is 170 Å². The van der Waals surface area contributed by atoms with Gasteiger partial charge in [-0.25, -0.2) is 8.42 Å². The zero-order valence-corrected chi connectivity index (χ0v) is 16.7. The second kappa shape index (κ2) is 6.95. The van der Waals surface area contributed by atoms with E-state index in [2.05, 4.69) is 0 Å².